The van der Waals surface area contributed by atoms with Crippen molar-refractivity contribution >= 4 is 23.0 Å². The number of ether oxygens (including phenoxy) is 1. The van der Waals surface area contributed by atoms with Crippen LogP contribution >= 0.6 is 0 Å². The zero-order valence-electron chi connectivity index (χ0n) is 13.2. The number of aryl methyl sites for hydroxylation is 1. The normalized spacial score (nSPS) is 12.2. The predicted molar refractivity (Wildman–Crippen MR) is 79.0 cm³/mol. The van der Waals surface area contributed by atoms with Crippen LogP contribution in [0.4, 0.5) is 0 Å². The number of nitrogens with one attached hydrogen (secondary N) is 1. The summed E-state index contributed by atoms with van der Waals surface area (Å²) >= 11 is 0. The van der Waals surface area contributed by atoms with Crippen molar-refractivity contribution in [2.75, 3.05) is 13.7 Å². The summed E-state index contributed by atoms with van der Waals surface area (Å²) in [4.78, 5) is 47.4. The van der Waals surface area contributed by atoms with Crippen LogP contribution in [0.1, 0.15) is 0 Å². The van der Waals surface area contributed by atoms with Crippen LogP contribution in [-0.4, -0.2) is 60.9 Å². The molecule has 0 saturated heterocycles. The first kappa shape index (κ1) is 17.3. The highest BCUT2D eigenvalue weighted by molar-refractivity contribution is 5.85. The molecule has 12 nitrogen and oxygen atoms in total. The molecule has 2 rings (SSSR count). The highest BCUT2D eigenvalue weighted by atomic mass is 16.5. The molecule has 0 saturated carbocycles. The Balaban J connectivity index is 2.35. The van der Waals surface area contributed by atoms with E-state index in [2.05, 4.69) is 20.4 Å². The molecule has 0 aromatic carbocycles. The lowest BCUT2D eigenvalue weighted by atomic mass is 10.3. The minimum atomic E-state index is -1.23. The number of hydrogen-bond donors (Lipinski definition) is 2. The number of aliphatic hydroxyl groups excluding tert-OH is 1. The van der Waals surface area contributed by atoms with Crippen LogP contribution in [0.15, 0.2) is 9.59 Å². The van der Waals surface area contributed by atoms with Gasteiger partial charge in [-0.15, -0.1) is 5.10 Å². The van der Waals surface area contributed by atoms with E-state index in [0.717, 1.165) is 20.9 Å². The molecule has 0 aliphatic rings. The smallest absolute Gasteiger partial charge is 0.332 e. The highest BCUT2D eigenvalue weighted by Crippen LogP contribution is 2.02. The highest BCUT2D eigenvalue weighted by Gasteiger charge is 2.22. The van der Waals surface area contributed by atoms with E-state index in [9.17, 15) is 19.2 Å². The van der Waals surface area contributed by atoms with Crippen LogP contribution in [0.25, 0.3) is 11.2 Å². The van der Waals surface area contributed by atoms with Crippen LogP contribution < -0.4 is 16.6 Å². The topological polar surface area (TPSA) is 150 Å². The molecular weight excluding hydrogens is 324 g/mol. The number of rotatable bonds is 5. The number of fused-ring (bicyclic) bond motifs is 1. The summed E-state index contributed by atoms with van der Waals surface area (Å²) in [5, 5.41) is 18.7. The monoisotopic (exact) mass is 340 g/mol. The van der Waals surface area contributed by atoms with E-state index in [-0.39, 0.29) is 11.2 Å². The molecule has 0 fully saturated rings. The number of hydrogen-bond acceptors (Lipinski definition) is 8. The fourth-order valence-corrected chi connectivity index (χ4v) is 2.11. The van der Waals surface area contributed by atoms with Crippen molar-refractivity contribution < 1.29 is 19.4 Å². The number of carbonyl (C=O) groups excluding carboxylic acids is 2. The number of aliphatic hydroxyl groups is 1. The molecule has 1 atom stereocenters. The van der Waals surface area contributed by atoms with Crippen LogP contribution in [0.2, 0.25) is 0 Å². The SMILES string of the molecule is COC(=O)[C@H](CO)NC(=O)Cn1nnc2c1c(=O)n(C)c(=O)n2C. The van der Waals surface area contributed by atoms with Gasteiger partial charge < -0.3 is 15.2 Å². The molecule has 2 N–H and O–H groups in total. The van der Waals surface area contributed by atoms with Crippen molar-refractivity contribution in [2.24, 2.45) is 14.1 Å². The Morgan fingerprint density at radius 2 is 1.96 bits per heavy atom. The third kappa shape index (κ3) is 2.90. The lowest BCUT2D eigenvalue weighted by Gasteiger charge is -2.13. The summed E-state index contributed by atoms with van der Waals surface area (Å²) in [5.74, 6) is -1.50. The number of carbonyl (C=O) groups is 2. The second-order valence-electron chi connectivity index (χ2n) is 4.95. The molecule has 0 spiro atoms. The summed E-state index contributed by atoms with van der Waals surface area (Å²) in [6, 6.07) is -1.23. The van der Waals surface area contributed by atoms with Gasteiger partial charge in [-0.25, -0.2) is 14.3 Å². The third-order valence-corrected chi connectivity index (χ3v) is 3.41. The van der Waals surface area contributed by atoms with Gasteiger partial charge in [-0.05, 0) is 0 Å². The van der Waals surface area contributed by atoms with Gasteiger partial charge in [0.1, 0.15) is 6.54 Å². The van der Waals surface area contributed by atoms with Crippen molar-refractivity contribution in [3.8, 4) is 0 Å². The Morgan fingerprint density at radius 1 is 1.29 bits per heavy atom. The van der Waals surface area contributed by atoms with Crippen LogP contribution in [0.3, 0.4) is 0 Å². The Kier molecular flexibility index (Phi) is 4.78. The number of aromatic nitrogens is 5. The lowest BCUT2D eigenvalue weighted by Crippen LogP contribution is -2.45. The first-order valence-corrected chi connectivity index (χ1v) is 6.79. The zero-order valence-corrected chi connectivity index (χ0v) is 13.2. The molecule has 2 heterocycles. The number of amides is 1. The molecule has 0 bridgehead atoms. The van der Waals surface area contributed by atoms with Gasteiger partial charge in [0, 0.05) is 14.1 Å². The van der Waals surface area contributed by atoms with Crippen molar-refractivity contribution in [2.45, 2.75) is 12.6 Å². The van der Waals surface area contributed by atoms with E-state index in [0.29, 0.717) is 0 Å². The second-order valence-corrected chi connectivity index (χ2v) is 4.95. The summed E-state index contributed by atoms with van der Waals surface area (Å²) in [5.41, 5.74) is -1.23. The summed E-state index contributed by atoms with van der Waals surface area (Å²) in [6.45, 7) is -1.08. The van der Waals surface area contributed by atoms with E-state index in [1.807, 2.05) is 0 Å². The minimum absolute atomic E-state index is 0.0302. The fraction of sp³-hybridized carbons (Fsp3) is 0.500. The molecule has 2 aromatic rings. The van der Waals surface area contributed by atoms with E-state index in [4.69, 9.17) is 5.11 Å². The Labute approximate surface area is 134 Å². The molecule has 0 aliphatic carbocycles. The van der Waals surface area contributed by atoms with Gasteiger partial charge in [-0.1, -0.05) is 5.21 Å². The Hall–Kier alpha value is -3.02. The maximum absolute atomic E-state index is 12.2. The van der Waals surface area contributed by atoms with Gasteiger partial charge in [-0.3, -0.25) is 18.7 Å². The molecular formula is C12H16N6O6. The average Bonchev–Trinajstić information content (AvgIpc) is 2.98. The fourth-order valence-electron chi connectivity index (χ4n) is 2.11. The number of nitrogens with zero attached hydrogens (tertiary/aromatic N) is 5. The van der Waals surface area contributed by atoms with Crippen molar-refractivity contribution in [1.82, 2.24) is 29.4 Å². The average molecular weight is 340 g/mol. The standard InChI is InChI=1S/C12H16N6O6/c1-16-9-8(10(21)17(2)12(16)23)18(15-14-9)4-7(20)13-6(5-19)11(22)24-3/h6,19H,4-5H2,1-3H3,(H,13,20)/t6-/m0/s1. The predicted octanol–water partition coefficient (Wildman–Crippen LogP) is -3.52. The lowest BCUT2D eigenvalue weighted by molar-refractivity contribution is -0.146. The molecule has 12 heteroatoms. The van der Waals surface area contributed by atoms with Crippen molar-refractivity contribution in [3.63, 3.8) is 0 Å². The maximum Gasteiger partial charge on any atom is 0.332 e. The molecule has 1 amide bonds. The third-order valence-electron chi connectivity index (χ3n) is 3.41. The van der Waals surface area contributed by atoms with Gasteiger partial charge in [0.25, 0.3) is 5.56 Å². The number of esters is 1. The van der Waals surface area contributed by atoms with Crippen LogP contribution in [0, 0.1) is 0 Å². The first-order chi connectivity index (χ1) is 11.3. The van der Waals surface area contributed by atoms with E-state index in [1.165, 1.54) is 14.1 Å². The molecule has 130 valence electrons. The maximum atomic E-state index is 12.2. The summed E-state index contributed by atoms with van der Waals surface area (Å²) < 4.78 is 7.44. The molecule has 0 unspecified atom stereocenters. The largest absolute Gasteiger partial charge is 0.467 e. The molecule has 2 aromatic heterocycles. The second kappa shape index (κ2) is 6.62. The minimum Gasteiger partial charge on any atom is -0.467 e. The first-order valence-electron chi connectivity index (χ1n) is 6.79. The summed E-state index contributed by atoms with van der Waals surface area (Å²) in [6.07, 6.45) is 0. The molecule has 0 radical (unpaired) electrons. The summed E-state index contributed by atoms with van der Waals surface area (Å²) in [7, 11) is 3.83. The van der Waals surface area contributed by atoms with E-state index >= 15 is 0 Å². The molecule has 0 aliphatic heterocycles. The van der Waals surface area contributed by atoms with Gasteiger partial charge in [0.2, 0.25) is 5.91 Å². The quantitative estimate of drug-likeness (QED) is 0.532. The van der Waals surface area contributed by atoms with Gasteiger partial charge >= 0.3 is 11.7 Å². The van der Waals surface area contributed by atoms with Crippen molar-refractivity contribution in [3.05, 3.63) is 20.8 Å². The van der Waals surface area contributed by atoms with Gasteiger partial charge in [-0.2, -0.15) is 0 Å². The Morgan fingerprint density at radius 3 is 2.54 bits per heavy atom. The van der Waals surface area contributed by atoms with Gasteiger partial charge in [0.15, 0.2) is 17.2 Å². The van der Waals surface area contributed by atoms with Crippen molar-refractivity contribution in [1.29, 1.82) is 0 Å². The van der Waals surface area contributed by atoms with Crippen LogP contribution in [-0.2, 0) is 35.0 Å². The Bertz CT molecular complexity index is 909. The number of methoxy groups -OCH3 is 1. The van der Waals surface area contributed by atoms with E-state index in [1.54, 1.807) is 0 Å². The van der Waals surface area contributed by atoms with Gasteiger partial charge in [0.05, 0.1) is 13.7 Å². The van der Waals surface area contributed by atoms with E-state index < -0.39 is 42.3 Å². The van der Waals surface area contributed by atoms with Crippen LogP contribution in [0.5, 0.6) is 0 Å². The molecule has 24 heavy (non-hydrogen) atoms. The zero-order chi connectivity index (χ0) is 18.0.